The highest BCUT2D eigenvalue weighted by Gasteiger charge is 2.31. The number of carbonyl (C=O) groups is 1. The standard InChI is InChI=1S/C17H27NO4/c1-17(2,3)22-16(20)18-10-6-4-5-8-13(18)12-14(19)15-9-7-11-21-15/h7,9,11,13-14,19H,4-6,8,10,12H2,1-3H3. The third-order valence-electron chi connectivity index (χ3n) is 3.87. The van der Waals surface area contributed by atoms with Gasteiger partial charge in [0.15, 0.2) is 0 Å². The Morgan fingerprint density at radius 3 is 2.86 bits per heavy atom. The van der Waals surface area contributed by atoms with E-state index in [-0.39, 0.29) is 12.1 Å². The van der Waals surface area contributed by atoms with Crippen LogP contribution in [-0.4, -0.2) is 34.3 Å². The fourth-order valence-electron chi connectivity index (χ4n) is 2.84. The van der Waals surface area contributed by atoms with Crippen molar-refractivity contribution in [1.82, 2.24) is 4.90 Å². The van der Waals surface area contributed by atoms with Crippen LogP contribution < -0.4 is 0 Å². The predicted molar refractivity (Wildman–Crippen MR) is 83.5 cm³/mol. The minimum atomic E-state index is -0.692. The van der Waals surface area contributed by atoms with E-state index in [1.54, 1.807) is 23.3 Å². The first-order valence-corrected chi connectivity index (χ1v) is 8.08. The maximum atomic E-state index is 12.4. The number of aliphatic hydroxyl groups is 1. The zero-order valence-electron chi connectivity index (χ0n) is 13.7. The summed E-state index contributed by atoms with van der Waals surface area (Å²) in [6, 6.07) is 3.51. The van der Waals surface area contributed by atoms with Crippen LogP contribution in [-0.2, 0) is 4.74 Å². The Balaban J connectivity index is 2.05. The molecule has 2 heterocycles. The van der Waals surface area contributed by atoms with Gasteiger partial charge in [0.05, 0.1) is 6.26 Å². The molecule has 2 unspecified atom stereocenters. The number of rotatable bonds is 3. The van der Waals surface area contributed by atoms with Gasteiger partial charge in [0.25, 0.3) is 0 Å². The van der Waals surface area contributed by atoms with Crippen molar-refractivity contribution in [3.63, 3.8) is 0 Å². The van der Waals surface area contributed by atoms with Gasteiger partial charge in [-0.15, -0.1) is 0 Å². The molecule has 5 heteroatoms. The van der Waals surface area contributed by atoms with E-state index in [1.807, 2.05) is 20.8 Å². The second-order valence-corrected chi connectivity index (χ2v) is 6.94. The lowest BCUT2D eigenvalue weighted by atomic mass is 10.0. The average Bonchev–Trinajstić information content (AvgIpc) is 2.84. The molecule has 0 bridgehead atoms. The van der Waals surface area contributed by atoms with Crippen molar-refractivity contribution in [2.75, 3.05) is 6.54 Å². The summed E-state index contributed by atoms with van der Waals surface area (Å²) in [4.78, 5) is 14.2. The number of hydrogen-bond donors (Lipinski definition) is 1. The van der Waals surface area contributed by atoms with Crippen LogP contribution in [0.3, 0.4) is 0 Å². The smallest absolute Gasteiger partial charge is 0.410 e. The van der Waals surface area contributed by atoms with E-state index < -0.39 is 11.7 Å². The molecule has 2 atom stereocenters. The molecule has 2 rings (SSSR count). The highest BCUT2D eigenvalue weighted by Crippen LogP contribution is 2.27. The maximum Gasteiger partial charge on any atom is 0.410 e. The fourth-order valence-corrected chi connectivity index (χ4v) is 2.84. The molecule has 0 aliphatic carbocycles. The molecule has 1 amide bonds. The Hall–Kier alpha value is -1.49. The lowest BCUT2D eigenvalue weighted by Crippen LogP contribution is -2.43. The monoisotopic (exact) mass is 309 g/mol. The van der Waals surface area contributed by atoms with Crippen LogP contribution in [0.2, 0.25) is 0 Å². The van der Waals surface area contributed by atoms with Crippen molar-refractivity contribution in [3.05, 3.63) is 24.2 Å². The largest absolute Gasteiger partial charge is 0.467 e. The first-order valence-electron chi connectivity index (χ1n) is 8.08. The summed E-state index contributed by atoms with van der Waals surface area (Å²) in [5, 5.41) is 10.3. The zero-order chi connectivity index (χ0) is 16.2. The van der Waals surface area contributed by atoms with Crippen molar-refractivity contribution in [2.24, 2.45) is 0 Å². The van der Waals surface area contributed by atoms with Crippen LogP contribution in [0.25, 0.3) is 0 Å². The minimum absolute atomic E-state index is 0.0163. The first-order chi connectivity index (χ1) is 10.4. The van der Waals surface area contributed by atoms with Gasteiger partial charge in [-0.25, -0.2) is 4.79 Å². The molecule has 1 aromatic heterocycles. The molecule has 0 saturated carbocycles. The predicted octanol–water partition coefficient (Wildman–Crippen LogP) is 3.88. The number of furan rings is 1. The summed E-state index contributed by atoms with van der Waals surface area (Å²) < 4.78 is 10.8. The Morgan fingerprint density at radius 1 is 1.45 bits per heavy atom. The Kier molecular flexibility index (Phi) is 5.51. The van der Waals surface area contributed by atoms with Gasteiger partial charge in [-0.1, -0.05) is 12.8 Å². The second kappa shape index (κ2) is 7.18. The summed E-state index contributed by atoms with van der Waals surface area (Å²) in [7, 11) is 0. The molecule has 0 spiro atoms. The van der Waals surface area contributed by atoms with Crippen molar-refractivity contribution in [2.45, 2.75) is 70.6 Å². The van der Waals surface area contributed by atoms with Gasteiger partial charge in [0.1, 0.15) is 17.5 Å². The van der Waals surface area contributed by atoms with Gasteiger partial charge >= 0.3 is 6.09 Å². The number of likely N-dealkylation sites (tertiary alicyclic amines) is 1. The first kappa shape index (κ1) is 16.9. The van der Waals surface area contributed by atoms with Crippen LogP contribution in [0.4, 0.5) is 4.79 Å². The number of nitrogens with zero attached hydrogens (tertiary/aromatic N) is 1. The van der Waals surface area contributed by atoms with E-state index in [9.17, 15) is 9.90 Å². The third-order valence-corrected chi connectivity index (χ3v) is 3.87. The third kappa shape index (κ3) is 4.77. The summed E-state index contributed by atoms with van der Waals surface area (Å²) in [6.45, 7) is 6.30. The Bertz CT molecular complexity index is 464. The number of carbonyl (C=O) groups excluding carboxylic acids is 1. The van der Waals surface area contributed by atoms with Crippen LogP contribution in [0.5, 0.6) is 0 Å². The molecule has 1 aliphatic heterocycles. The normalized spacial score (nSPS) is 21.3. The summed E-state index contributed by atoms with van der Waals surface area (Å²) in [5.41, 5.74) is -0.506. The number of ether oxygens (including phenoxy) is 1. The molecule has 1 N–H and O–H groups in total. The molecule has 1 aliphatic rings. The van der Waals surface area contributed by atoms with Gasteiger partial charge in [-0.2, -0.15) is 0 Å². The van der Waals surface area contributed by atoms with Gasteiger partial charge in [-0.05, 0) is 45.7 Å². The average molecular weight is 309 g/mol. The highest BCUT2D eigenvalue weighted by molar-refractivity contribution is 5.68. The van der Waals surface area contributed by atoms with E-state index in [2.05, 4.69) is 0 Å². The second-order valence-electron chi connectivity index (χ2n) is 6.94. The Labute approximate surface area is 132 Å². The molecule has 124 valence electrons. The van der Waals surface area contributed by atoms with E-state index in [4.69, 9.17) is 9.15 Å². The van der Waals surface area contributed by atoms with Crippen molar-refractivity contribution in [1.29, 1.82) is 0 Å². The minimum Gasteiger partial charge on any atom is -0.467 e. The molecule has 0 aromatic carbocycles. The van der Waals surface area contributed by atoms with Crippen LogP contribution >= 0.6 is 0 Å². The molecule has 0 radical (unpaired) electrons. The number of aliphatic hydroxyl groups excluding tert-OH is 1. The SMILES string of the molecule is CC(C)(C)OC(=O)N1CCCCCC1CC(O)c1ccco1. The topological polar surface area (TPSA) is 62.9 Å². The van der Waals surface area contributed by atoms with Gasteiger partial charge in [0.2, 0.25) is 0 Å². The number of hydrogen-bond acceptors (Lipinski definition) is 4. The van der Waals surface area contributed by atoms with Gasteiger partial charge < -0.3 is 19.2 Å². The molecular formula is C17H27NO4. The van der Waals surface area contributed by atoms with Crippen LogP contribution in [0.1, 0.15) is 64.7 Å². The number of amides is 1. The van der Waals surface area contributed by atoms with E-state index in [1.165, 1.54) is 0 Å². The van der Waals surface area contributed by atoms with E-state index in [0.717, 1.165) is 25.7 Å². The molecule has 1 saturated heterocycles. The molecule has 5 nitrogen and oxygen atoms in total. The summed E-state index contributed by atoms with van der Waals surface area (Å²) in [5.74, 6) is 0.549. The molecule has 1 fully saturated rings. The summed E-state index contributed by atoms with van der Waals surface area (Å²) >= 11 is 0. The lowest BCUT2D eigenvalue weighted by Gasteiger charge is -2.33. The van der Waals surface area contributed by atoms with E-state index in [0.29, 0.717) is 18.7 Å². The molecule has 1 aromatic rings. The van der Waals surface area contributed by atoms with Crippen molar-refractivity contribution >= 4 is 6.09 Å². The maximum absolute atomic E-state index is 12.4. The lowest BCUT2D eigenvalue weighted by molar-refractivity contribution is 0.00917. The van der Waals surface area contributed by atoms with Crippen LogP contribution in [0, 0.1) is 0 Å². The van der Waals surface area contributed by atoms with Crippen LogP contribution in [0.15, 0.2) is 22.8 Å². The summed E-state index contributed by atoms with van der Waals surface area (Å²) in [6.07, 6.45) is 5.09. The van der Waals surface area contributed by atoms with Gasteiger partial charge in [0, 0.05) is 19.0 Å². The van der Waals surface area contributed by atoms with Gasteiger partial charge in [-0.3, -0.25) is 0 Å². The fraction of sp³-hybridized carbons (Fsp3) is 0.706. The molecular weight excluding hydrogens is 282 g/mol. The Morgan fingerprint density at radius 2 is 2.23 bits per heavy atom. The molecule has 22 heavy (non-hydrogen) atoms. The van der Waals surface area contributed by atoms with Crippen molar-refractivity contribution < 1.29 is 19.1 Å². The highest BCUT2D eigenvalue weighted by atomic mass is 16.6. The zero-order valence-corrected chi connectivity index (χ0v) is 13.7. The quantitative estimate of drug-likeness (QED) is 0.920. The van der Waals surface area contributed by atoms with E-state index >= 15 is 0 Å². The van der Waals surface area contributed by atoms with Crippen molar-refractivity contribution in [3.8, 4) is 0 Å².